The van der Waals surface area contributed by atoms with Gasteiger partial charge in [-0.25, -0.2) is 4.79 Å². The molecule has 0 aromatic rings. The van der Waals surface area contributed by atoms with Crippen molar-refractivity contribution in [2.75, 3.05) is 6.61 Å². The second-order valence-electron chi connectivity index (χ2n) is 2.26. The first kappa shape index (κ1) is 11.3. The summed E-state index contributed by atoms with van der Waals surface area (Å²) in [4.78, 5) is 11.3. The second kappa shape index (κ2) is 5.85. The zero-order valence-electron chi connectivity index (χ0n) is 7.08. The van der Waals surface area contributed by atoms with E-state index >= 15 is 0 Å². The van der Waals surface area contributed by atoms with E-state index in [0.29, 0.717) is 4.86 Å². The van der Waals surface area contributed by atoms with E-state index in [1.165, 1.54) is 0 Å². The van der Waals surface area contributed by atoms with E-state index in [-0.39, 0.29) is 12.6 Å². The van der Waals surface area contributed by atoms with Gasteiger partial charge in [0.15, 0.2) is 0 Å². The Bertz CT molecular complexity index is 191. The summed E-state index contributed by atoms with van der Waals surface area (Å²) in [5.74, 6) is -0.468. The van der Waals surface area contributed by atoms with E-state index in [2.05, 4.69) is 6.58 Å². The summed E-state index contributed by atoms with van der Waals surface area (Å²) in [5, 5.41) is 0. The molecule has 0 bridgehead atoms. The summed E-state index contributed by atoms with van der Waals surface area (Å²) in [6, 6.07) is -0.339. The van der Waals surface area contributed by atoms with Crippen LogP contribution < -0.4 is 5.73 Å². The fraction of sp³-hybridized carbons (Fsp3) is 0.500. The molecule has 0 spiro atoms. The summed E-state index contributed by atoms with van der Waals surface area (Å²) in [6.45, 7) is 5.31. The number of thiocarbonyl (C=S) groups is 1. The van der Waals surface area contributed by atoms with Crippen molar-refractivity contribution >= 4 is 23.1 Å². The third kappa shape index (κ3) is 4.20. The van der Waals surface area contributed by atoms with Gasteiger partial charge >= 0.3 is 5.97 Å². The Labute approximate surface area is 77.6 Å². The molecule has 0 amide bonds. The van der Waals surface area contributed by atoms with Crippen LogP contribution in [0.25, 0.3) is 0 Å². The zero-order chi connectivity index (χ0) is 9.56. The van der Waals surface area contributed by atoms with Crippen molar-refractivity contribution in [1.29, 1.82) is 0 Å². The third-order valence-electron chi connectivity index (χ3n) is 1.33. The van der Waals surface area contributed by atoms with Gasteiger partial charge in [-0.05, 0) is 6.42 Å². The van der Waals surface area contributed by atoms with E-state index in [0.717, 1.165) is 12.5 Å². The van der Waals surface area contributed by atoms with Crippen molar-refractivity contribution in [3.05, 3.63) is 12.7 Å². The normalized spacial score (nSPS) is 11.8. The number of nitrogens with two attached hydrogens (primary N) is 1. The largest absolute Gasteiger partial charge is 0.461 e. The first-order valence-electron chi connectivity index (χ1n) is 3.69. The molecule has 1 unspecified atom stereocenters. The van der Waals surface area contributed by atoms with Crippen LogP contribution >= 0.6 is 12.2 Å². The molecule has 3 nitrogen and oxygen atoms in total. The molecule has 1 atom stereocenters. The van der Waals surface area contributed by atoms with Crippen LogP contribution in [-0.2, 0) is 9.53 Å². The lowest BCUT2D eigenvalue weighted by Crippen LogP contribution is -2.34. The Kier molecular flexibility index (Phi) is 5.49. The molecule has 0 radical (unpaired) electrons. The Morgan fingerprint density at radius 3 is 2.83 bits per heavy atom. The predicted octanol–water partition coefficient (Wildman–Crippen LogP) is 0.823. The lowest BCUT2D eigenvalue weighted by atomic mass is 10.2. The van der Waals surface area contributed by atoms with Crippen molar-refractivity contribution in [2.45, 2.75) is 19.4 Å². The molecule has 0 aliphatic heterocycles. The standard InChI is InChI=1S/C8H13NO2S/c1-3-7(12)6(9)5-11-8(10)4-2/h4,6H,2-3,5,9H2,1H3. The Morgan fingerprint density at radius 2 is 2.42 bits per heavy atom. The molecule has 0 saturated carbocycles. The van der Waals surface area contributed by atoms with Crippen LogP contribution in [0.4, 0.5) is 0 Å². The quantitative estimate of drug-likeness (QED) is 0.393. The molecule has 0 aromatic carbocycles. The average molecular weight is 187 g/mol. The van der Waals surface area contributed by atoms with Crippen molar-refractivity contribution in [3.63, 3.8) is 0 Å². The molecular weight excluding hydrogens is 174 g/mol. The highest BCUT2D eigenvalue weighted by atomic mass is 32.1. The number of carbonyl (C=O) groups is 1. The molecule has 68 valence electrons. The monoisotopic (exact) mass is 187 g/mol. The highest BCUT2D eigenvalue weighted by molar-refractivity contribution is 7.80. The van der Waals surface area contributed by atoms with Crippen LogP contribution in [0.15, 0.2) is 12.7 Å². The molecule has 0 fully saturated rings. The van der Waals surface area contributed by atoms with Gasteiger partial charge in [0, 0.05) is 10.9 Å². The number of hydrogen-bond acceptors (Lipinski definition) is 4. The van der Waals surface area contributed by atoms with Gasteiger partial charge in [0.25, 0.3) is 0 Å². The maximum atomic E-state index is 10.6. The smallest absolute Gasteiger partial charge is 0.330 e. The van der Waals surface area contributed by atoms with Gasteiger partial charge in [-0.2, -0.15) is 0 Å². The van der Waals surface area contributed by atoms with Gasteiger partial charge in [-0.15, -0.1) is 0 Å². The van der Waals surface area contributed by atoms with Crippen LogP contribution in [0.2, 0.25) is 0 Å². The molecule has 4 heteroatoms. The lowest BCUT2D eigenvalue weighted by molar-refractivity contribution is -0.137. The van der Waals surface area contributed by atoms with Crippen molar-refractivity contribution in [3.8, 4) is 0 Å². The SMILES string of the molecule is C=CC(=O)OCC(N)C(=S)CC. The molecule has 0 aliphatic carbocycles. The van der Waals surface area contributed by atoms with E-state index < -0.39 is 5.97 Å². The third-order valence-corrected chi connectivity index (χ3v) is 1.93. The van der Waals surface area contributed by atoms with Gasteiger partial charge in [-0.1, -0.05) is 25.7 Å². The number of hydrogen-bond donors (Lipinski definition) is 1. The second-order valence-corrected chi connectivity index (χ2v) is 2.78. The van der Waals surface area contributed by atoms with Crippen LogP contribution in [0.1, 0.15) is 13.3 Å². The van der Waals surface area contributed by atoms with E-state index in [1.807, 2.05) is 6.92 Å². The minimum absolute atomic E-state index is 0.136. The minimum atomic E-state index is -0.468. The van der Waals surface area contributed by atoms with Gasteiger partial charge in [-0.3, -0.25) is 0 Å². The summed E-state index contributed by atoms with van der Waals surface area (Å²) >= 11 is 4.92. The predicted molar refractivity (Wildman–Crippen MR) is 52.0 cm³/mol. The fourth-order valence-electron chi connectivity index (χ4n) is 0.586. The van der Waals surface area contributed by atoms with E-state index in [1.54, 1.807) is 0 Å². The summed E-state index contributed by atoms with van der Waals surface area (Å²) in [7, 11) is 0. The summed E-state index contributed by atoms with van der Waals surface area (Å²) in [6.07, 6.45) is 1.82. The highest BCUT2D eigenvalue weighted by Crippen LogP contribution is 1.93. The topological polar surface area (TPSA) is 52.3 Å². The maximum absolute atomic E-state index is 10.6. The van der Waals surface area contributed by atoms with Gasteiger partial charge < -0.3 is 10.5 Å². The zero-order valence-corrected chi connectivity index (χ0v) is 7.89. The Morgan fingerprint density at radius 1 is 1.83 bits per heavy atom. The Hall–Kier alpha value is -0.740. The van der Waals surface area contributed by atoms with Crippen molar-refractivity contribution < 1.29 is 9.53 Å². The molecule has 0 heterocycles. The Balaban J connectivity index is 3.70. The van der Waals surface area contributed by atoms with E-state index in [4.69, 9.17) is 22.7 Å². The molecule has 0 rings (SSSR count). The minimum Gasteiger partial charge on any atom is -0.461 e. The fourth-order valence-corrected chi connectivity index (χ4v) is 0.654. The summed E-state index contributed by atoms with van der Waals surface area (Å²) in [5.41, 5.74) is 5.58. The van der Waals surface area contributed by atoms with Crippen molar-refractivity contribution in [2.24, 2.45) is 5.73 Å². The number of carbonyl (C=O) groups excluding carboxylic acids is 1. The molecule has 0 aliphatic rings. The maximum Gasteiger partial charge on any atom is 0.330 e. The van der Waals surface area contributed by atoms with Crippen LogP contribution in [-0.4, -0.2) is 23.5 Å². The van der Waals surface area contributed by atoms with Crippen LogP contribution in [0.3, 0.4) is 0 Å². The van der Waals surface area contributed by atoms with Crippen LogP contribution in [0, 0.1) is 0 Å². The molecule has 0 saturated heterocycles. The number of ether oxygens (including phenoxy) is 1. The van der Waals surface area contributed by atoms with E-state index in [9.17, 15) is 4.79 Å². The summed E-state index contributed by atoms with van der Waals surface area (Å²) < 4.78 is 4.71. The first-order chi connectivity index (χ1) is 5.61. The molecule has 0 aromatic heterocycles. The lowest BCUT2D eigenvalue weighted by Gasteiger charge is -2.10. The van der Waals surface area contributed by atoms with Gasteiger partial charge in [0.05, 0.1) is 6.04 Å². The molecule has 12 heavy (non-hydrogen) atoms. The van der Waals surface area contributed by atoms with Gasteiger partial charge in [0.1, 0.15) is 6.61 Å². The van der Waals surface area contributed by atoms with Crippen molar-refractivity contribution in [1.82, 2.24) is 0 Å². The van der Waals surface area contributed by atoms with Gasteiger partial charge in [0.2, 0.25) is 0 Å². The highest BCUT2D eigenvalue weighted by Gasteiger charge is 2.08. The molecular formula is C8H13NO2S. The van der Waals surface area contributed by atoms with Crippen LogP contribution in [0.5, 0.6) is 0 Å². The average Bonchev–Trinajstić information content (AvgIpc) is 2.11. The number of rotatable bonds is 5. The first-order valence-corrected chi connectivity index (χ1v) is 4.10. The molecule has 2 N–H and O–H groups in total. The number of esters is 1.